The molecule has 92 valence electrons. The van der Waals surface area contributed by atoms with E-state index in [1.165, 1.54) is 12.3 Å². The van der Waals surface area contributed by atoms with E-state index < -0.39 is 12.9 Å². The van der Waals surface area contributed by atoms with Gasteiger partial charge in [-0.1, -0.05) is 18.2 Å². The van der Waals surface area contributed by atoms with Gasteiger partial charge in [-0.3, -0.25) is 4.98 Å². The third-order valence-corrected chi connectivity index (χ3v) is 2.35. The monoisotopic (exact) mass is 247 g/mol. The average Bonchev–Trinajstić information content (AvgIpc) is 2.37. The molecule has 18 heavy (non-hydrogen) atoms. The number of pyridine rings is 1. The van der Waals surface area contributed by atoms with E-state index in [1.54, 1.807) is 24.3 Å². The molecule has 0 radical (unpaired) electrons. The number of ether oxygens (including phenoxy) is 1. The molecule has 0 aliphatic carbocycles. The standard InChI is InChI=1S/C12H11BFNO3/c14-10-5-9(6-15-7-10)8-18-12-4-2-1-3-11(12)13(16)17/h1-7,16-17H,8H2. The number of nitrogens with zero attached hydrogens (tertiary/aromatic N) is 1. The van der Waals surface area contributed by atoms with E-state index >= 15 is 0 Å². The molecule has 1 heterocycles. The van der Waals surface area contributed by atoms with Crippen molar-refractivity contribution >= 4 is 12.6 Å². The second kappa shape index (κ2) is 5.62. The van der Waals surface area contributed by atoms with Crippen molar-refractivity contribution in [3.63, 3.8) is 0 Å². The molecule has 4 nitrogen and oxygen atoms in total. The quantitative estimate of drug-likeness (QED) is 0.771. The van der Waals surface area contributed by atoms with Crippen molar-refractivity contribution in [2.75, 3.05) is 0 Å². The highest BCUT2D eigenvalue weighted by Gasteiger charge is 2.16. The molecule has 2 aromatic rings. The molecule has 0 amide bonds. The smallest absolute Gasteiger partial charge is 0.489 e. The van der Waals surface area contributed by atoms with Crippen LogP contribution in [0.1, 0.15) is 5.56 Å². The van der Waals surface area contributed by atoms with E-state index in [9.17, 15) is 4.39 Å². The number of hydrogen-bond donors (Lipinski definition) is 2. The molecule has 1 aromatic heterocycles. The fourth-order valence-electron chi connectivity index (χ4n) is 1.52. The minimum absolute atomic E-state index is 0.106. The van der Waals surface area contributed by atoms with Crippen LogP contribution in [0.25, 0.3) is 0 Å². The Balaban J connectivity index is 2.11. The molecular weight excluding hydrogens is 236 g/mol. The molecule has 0 saturated carbocycles. The van der Waals surface area contributed by atoms with Crippen LogP contribution < -0.4 is 10.2 Å². The Bertz CT molecular complexity index is 536. The molecule has 0 aliphatic heterocycles. The predicted molar refractivity (Wildman–Crippen MR) is 64.8 cm³/mol. The van der Waals surface area contributed by atoms with Gasteiger partial charge in [-0.2, -0.15) is 0 Å². The molecule has 0 bridgehead atoms. The molecular formula is C12H11BFNO3. The van der Waals surface area contributed by atoms with E-state index in [1.807, 2.05) is 0 Å². The number of halogens is 1. The van der Waals surface area contributed by atoms with Gasteiger partial charge < -0.3 is 14.8 Å². The van der Waals surface area contributed by atoms with Gasteiger partial charge in [0.2, 0.25) is 0 Å². The Labute approximate surface area is 104 Å². The van der Waals surface area contributed by atoms with E-state index in [0.29, 0.717) is 11.3 Å². The van der Waals surface area contributed by atoms with Crippen molar-refractivity contribution in [3.8, 4) is 5.75 Å². The highest BCUT2D eigenvalue weighted by Crippen LogP contribution is 2.10. The lowest BCUT2D eigenvalue weighted by Gasteiger charge is -2.10. The van der Waals surface area contributed by atoms with Crippen molar-refractivity contribution in [3.05, 3.63) is 54.1 Å². The molecule has 1 aromatic carbocycles. The maximum absolute atomic E-state index is 12.9. The molecule has 2 N–H and O–H groups in total. The second-order valence-electron chi connectivity index (χ2n) is 3.71. The van der Waals surface area contributed by atoms with Crippen molar-refractivity contribution in [2.45, 2.75) is 6.61 Å². The zero-order chi connectivity index (χ0) is 13.0. The molecule has 0 spiro atoms. The molecule has 0 fully saturated rings. The van der Waals surface area contributed by atoms with Gasteiger partial charge in [0.15, 0.2) is 0 Å². The van der Waals surface area contributed by atoms with Crippen molar-refractivity contribution in [1.82, 2.24) is 4.98 Å². The van der Waals surface area contributed by atoms with Gasteiger partial charge in [-0.15, -0.1) is 0 Å². The van der Waals surface area contributed by atoms with Crippen LogP contribution in [-0.4, -0.2) is 22.2 Å². The zero-order valence-corrected chi connectivity index (χ0v) is 9.45. The van der Waals surface area contributed by atoms with Gasteiger partial charge in [0, 0.05) is 17.2 Å². The lowest BCUT2D eigenvalue weighted by atomic mass is 9.79. The third-order valence-electron chi connectivity index (χ3n) is 2.35. The number of rotatable bonds is 4. The number of benzene rings is 1. The van der Waals surface area contributed by atoms with E-state index in [2.05, 4.69) is 4.98 Å². The van der Waals surface area contributed by atoms with Crippen LogP contribution in [0.5, 0.6) is 5.75 Å². The van der Waals surface area contributed by atoms with Crippen LogP contribution in [0.15, 0.2) is 42.7 Å². The van der Waals surface area contributed by atoms with Gasteiger partial charge in [0.1, 0.15) is 18.2 Å². The molecule has 0 aliphatic rings. The zero-order valence-electron chi connectivity index (χ0n) is 9.45. The van der Waals surface area contributed by atoms with Gasteiger partial charge in [0.05, 0.1) is 6.20 Å². The first-order valence-electron chi connectivity index (χ1n) is 5.34. The maximum atomic E-state index is 12.9. The van der Waals surface area contributed by atoms with Crippen LogP contribution in [0.2, 0.25) is 0 Å². The third kappa shape index (κ3) is 3.06. The lowest BCUT2D eigenvalue weighted by Crippen LogP contribution is -2.31. The maximum Gasteiger partial charge on any atom is 0.492 e. The van der Waals surface area contributed by atoms with Crippen LogP contribution >= 0.6 is 0 Å². The molecule has 0 saturated heterocycles. The highest BCUT2D eigenvalue weighted by molar-refractivity contribution is 6.59. The summed E-state index contributed by atoms with van der Waals surface area (Å²) in [5, 5.41) is 18.3. The Morgan fingerprint density at radius 2 is 2.00 bits per heavy atom. The summed E-state index contributed by atoms with van der Waals surface area (Å²) in [5.41, 5.74) is 0.832. The summed E-state index contributed by atoms with van der Waals surface area (Å²) in [5.74, 6) is -0.0941. The normalized spacial score (nSPS) is 10.2. The summed E-state index contributed by atoms with van der Waals surface area (Å²) in [6.07, 6.45) is 2.59. The van der Waals surface area contributed by atoms with E-state index in [0.717, 1.165) is 6.20 Å². The summed E-state index contributed by atoms with van der Waals surface area (Å²) < 4.78 is 18.3. The van der Waals surface area contributed by atoms with Crippen LogP contribution in [0.4, 0.5) is 4.39 Å². The Morgan fingerprint density at radius 1 is 1.22 bits per heavy atom. The number of aromatic nitrogens is 1. The van der Waals surface area contributed by atoms with E-state index in [-0.39, 0.29) is 12.1 Å². The minimum Gasteiger partial charge on any atom is -0.489 e. The topological polar surface area (TPSA) is 62.6 Å². The Kier molecular flexibility index (Phi) is 3.91. The van der Waals surface area contributed by atoms with E-state index in [4.69, 9.17) is 14.8 Å². The molecule has 0 unspecified atom stereocenters. The Hall–Kier alpha value is -1.92. The van der Waals surface area contributed by atoms with Gasteiger partial charge >= 0.3 is 7.12 Å². The van der Waals surface area contributed by atoms with Crippen molar-refractivity contribution in [1.29, 1.82) is 0 Å². The highest BCUT2D eigenvalue weighted by atomic mass is 19.1. The van der Waals surface area contributed by atoms with Crippen LogP contribution in [-0.2, 0) is 6.61 Å². The van der Waals surface area contributed by atoms with Crippen molar-refractivity contribution < 1.29 is 19.2 Å². The fraction of sp³-hybridized carbons (Fsp3) is 0.0833. The fourth-order valence-corrected chi connectivity index (χ4v) is 1.52. The first kappa shape index (κ1) is 12.5. The van der Waals surface area contributed by atoms with Crippen molar-refractivity contribution in [2.24, 2.45) is 0 Å². The summed E-state index contributed by atoms with van der Waals surface area (Å²) in [7, 11) is -1.60. The Morgan fingerprint density at radius 3 is 2.72 bits per heavy atom. The van der Waals surface area contributed by atoms with Gasteiger partial charge in [-0.25, -0.2) is 4.39 Å². The average molecular weight is 247 g/mol. The second-order valence-corrected chi connectivity index (χ2v) is 3.71. The predicted octanol–water partition coefficient (Wildman–Crippen LogP) is 0.479. The first-order chi connectivity index (χ1) is 8.66. The first-order valence-corrected chi connectivity index (χ1v) is 5.34. The molecule has 6 heteroatoms. The van der Waals surface area contributed by atoms with Crippen LogP contribution in [0, 0.1) is 5.82 Å². The van der Waals surface area contributed by atoms with Gasteiger partial charge in [0.25, 0.3) is 0 Å². The van der Waals surface area contributed by atoms with Gasteiger partial charge in [-0.05, 0) is 12.1 Å². The lowest BCUT2D eigenvalue weighted by molar-refractivity contribution is 0.305. The summed E-state index contributed by atoms with van der Waals surface area (Å²) in [4.78, 5) is 3.70. The SMILES string of the molecule is OB(O)c1ccccc1OCc1cncc(F)c1. The summed E-state index contributed by atoms with van der Waals surface area (Å²) in [6, 6.07) is 7.85. The number of hydrogen-bond acceptors (Lipinski definition) is 4. The summed E-state index contributed by atoms with van der Waals surface area (Å²) in [6.45, 7) is 0.106. The molecule has 0 atom stereocenters. The minimum atomic E-state index is -1.60. The number of para-hydroxylation sites is 1. The van der Waals surface area contributed by atoms with Crippen LogP contribution in [0.3, 0.4) is 0 Å². The summed E-state index contributed by atoms with van der Waals surface area (Å²) >= 11 is 0. The molecule has 2 rings (SSSR count). The largest absolute Gasteiger partial charge is 0.492 e.